The van der Waals surface area contributed by atoms with Crippen LogP contribution in [-0.2, 0) is 16.1 Å². The van der Waals surface area contributed by atoms with Crippen LogP contribution in [-0.4, -0.2) is 58.4 Å². The van der Waals surface area contributed by atoms with E-state index in [0.29, 0.717) is 39.0 Å². The number of carbonyl (C=O) groups is 2. The summed E-state index contributed by atoms with van der Waals surface area (Å²) in [5.74, 6) is -1.01. The van der Waals surface area contributed by atoms with Gasteiger partial charge in [-0.2, -0.15) is 0 Å². The first-order valence-electron chi connectivity index (χ1n) is 7.15. The number of carboxylic acid groups (broad SMARTS) is 1. The molecule has 0 aromatic carbocycles. The number of carboxylic acids is 1. The van der Waals surface area contributed by atoms with Crippen molar-refractivity contribution in [3.63, 3.8) is 0 Å². The van der Waals surface area contributed by atoms with Crippen LogP contribution in [0.5, 0.6) is 0 Å². The van der Waals surface area contributed by atoms with Crippen molar-refractivity contribution >= 4 is 11.9 Å². The third-order valence-corrected chi connectivity index (χ3v) is 3.76. The number of likely N-dealkylation sites (N-methyl/N-ethyl adjacent to an activating group) is 1. The molecule has 0 radical (unpaired) electrons. The van der Waals surface area contributed by atoms with Gasteiger partial charge in [0.2, 0.25) is 5.91 Å². The number of pyridine rings is 1. The van der Waals surface area contributed by atoms with Crippen LogP contribution in [0.25, 0.3) is 0 Å². The molecule has 1 fully saturated rings. The van der Waals surface area contributed by atoms with Gasteiger partial charge in [0.15, 0.2) is 0 Å². The first-order chi connectivity index (χ1) is 10.1. The van der Waals surface area contributed by atoms with Gasteiger partial charge in [-0.25, -0.2) is 0 Å². The van der Waals surface area contributed by atoms with Crippen LogP contribution in [0, 0.1) is 5.92 Å². The van der Waals surface area contributed by atoms with Crippen molar-refractivity contribution in [2.45, 2.75) is 19.4 Å². The summed E-state index contributed by atoms with van der Waals surface area (Å²) in [6, 6.07) is 5.72. The zero-order chi connectivity index (χ0) is 15.2. The van der Waals surface area contributed by atoms with E-state index < -0.39 is 5.97 Å². The quantitative estimate of drug-likeness (QED) is 0.870. The maximum absolute atomic E-state index is 12.2. The molecule has 2 heterocycles. The van der Waals surface area contributed by atoms with E-state index in [9.17, 15) is 9.59 Å². The van der Waals surface area contributed by atoms with Gasteiger partial charge in [0.25, 0.3) is 0 Å². The number of amides is 1. The topological polar surface area (TPSA) is 73.7 Å². The van der Waals surface area contributed by atoms with Gasteiger partial charge in [-0.1, -0.05) is 6.07 Å². The third kappa shape index (κ3) is 4.53. The summed E-state index contributed by atoms with van der Waals surface area (Å²) in [5.41, 5.74) is 0.928. The lowest BCUT2D eigenvalue weighted by molar-refractivity contribution is -0.145. The number of aliphatic carboxylic acids is 1. The molecule has 2 rings (SSSR count). The first kappa shape index (κ1) is 15.4. The van der Waals surface area contributed by atoms with Crippen molar-refractivity contribution in [3.8, 4) is 0 Å². The van der Waals surface area contributed by atoms with Crippen LogP contribution in [0.15, 0.2) is 24.4 Å². The van der Waals surface area contributed by atoms with E-state index in [1.54, 1.807) is 11.1 Å². The van der Waals surface area contributed by atoms with Gasteiger partial charge in [0.05, 0.1) is 18.2 Å². The number of aromatic nitrogens is 1. The Morgan fingerprint density at radius 1 is 1.38 bits per heavy atom. The van der Waals surface area contributed by atoms with Gasteiger partial charge in [0, 0.05) is 25.8 Å². The maximum atomic E-state index is 12.2. The van der Waals surface area contributed by atoms with Crippen molar-refractivity contribution in [3.05, 3.63) is 30.1 Å². The standard InChI is InChI=1S/C15H21N3O3/c1-17(10-13-4-2-3-7-16-13)11-14(19)18-8-5-12(6-9-18)15(20)21/h2-4,7,12H,5-6,8-11H2,1H3,(H,20,21). The second kappa shape index (κ2) is 7.17. The maximum Gasteiger partial charge on any atom is 0.306 e. The van der Waals surface area contributed by atoms with Crippen LogP contribution < -0.4 is 0 Å². The normalized spacial score (nSPS) is 16.2. The highest BCUT2D eigenvalue weighted by Crippen LogP contribution is 2.17. The molecule has 6 heteroatoms. The highest BCUT2D eigenvalue weighted by molar-refractivity contribution is 5.78. The zero-order valence-electron chi connectivity index (χ0n) is 12.2. The van der Waals surface area contributed by atoms with E-state index in [-0.39, 0.29) is 11.8 Å². The number of hydrogen-bond donors (Lipinski definition) is 1. The van der Waals surface area contributed by atoms with E-state index in [0.717, 1.165) is 5.69 Å². The molecule has 1 aromatic rings. The van der Waals surface area contributed by atoms with E-state index in [1.165, 1.54) is 0 Å². The number of rotatable bonds is 5. The first-order valence-corrected chi connectivity index (χ1v) is 7.15. The highest BCUT2D eigenvalue weighted by Gasteiger charge is 2.27. The largest absolute Gasteiger partial charge is 0.481 e. The van der Waals surface area contributed by atoms with Crippen LogP contribution >= 0.6 is 0 Å². The SMILES string of the molecule is CN(CC(=O)N1CCC(C(=O)O)CC1)Cc1ccccn1. The van der Waals surface area contributed by atoms with Crippen LogP contribution in [0.1, 0.15) is 18.5 Å². The molecule has 114 valence electrons. The van der Waals surface area contributed by atoms with Gasteiger partial charge < -0.3 is 10.0 Å². The molecule has 1 aliphatic rings. The lowest BCUT2D eigenvalue weighted by Crippen LogP contribution is -2.44. The van der Waals surface area contributed by atoms with Gasteiger partial charge in [-0.15, -0.1) is 0 Å². The zero-order valence-corrected chi connectivity index (χ0v) is 12.2. The second-order valence-electron chi connectivity index (χ2n) is 5.49. The minimum atomic E-state index is -0.755. The van der Waals surface area contributed by atoms with E-state index in [4.69, 9.17) is 5.11 Å². The summed E-state index contributed by atoms with van der Waals surface area (Å²) in [5, 5.41) is 8.95. The molecule has 0 unspecified atom stereocenters. The minimum Gasteiger partial charge on any atom is -0.481 e. The molecule has 0 spiro atoms. The molecule has 0 atom stereocenters. The van der Waals surface area contributed by atoms with Crippen molar-refractivity contribution in [2.75, 3.05) is 26.7 Å². The molecule has 0 saturated carbocycles. The number of hydrogen-bond acceptors (Lipinski definition) is 4. The molecule has 6 nitrogen and oxygen atoms in total. The minimum absolute atomic E-state index is 0.0530. The summed E-state index contributed by atoms with van der Waals surface area (Å²) in [4.78, 5) is 31.0. The second-order valence-corrected chi connectivity index (χ2v) is 5.49. The molecule has 1 aliphatic heterocycles. The number of nitrogens with zero attached hydrogens (tertiary/aromatic N) is 3. The third-order valence-electron chi connectivity index (χ3n) is 3.76. The van der Waals surface area contributed by atoms with Gasteiger partial charge in [-0.05, 0) is 32.0 Å². The van der Waals surface area contributed by atoms with Gasteiger partial charge >= 0.3 is 5.97 Å². The molecule has 1 saturated heterocycles. The summed E-state index contributed by atoms with van der Waals surface area (Å²) >= 11 is 0. The van der Waals surface area contributed by atoms with Crippen molar-refractivity contribution in [1.82, 2.24) is 14.8 Å². The van der Waals surface area contributed by atoms with E-state index in [1.807, 2.05) is 30.1 Å². The molecule has 0 bridgehead atoms. The fourth-order valence-electron chi connectivity index (χ4n) is 2.53. The fraction of sp³-hybridized carbons (Fsp3) is 0.533. The van der Waals surface area contributed by atoms with Crippen LogP contribution in [0.2, 0.25) is 0 Å². The average molecular weight is 291 g/mol. The van der Waals surface area contributed by atoms with E-state index in [2.05, 4.69) is 4.98 Å². The summed E-state index contributed by atoms with van der Waals surface area (Å²) < 4.78 is 0. The Kier molecular flexibility index (Phi) is 5.27. The van der Waals surface area contributed by atoms with E-state index >= 15 is 0 Å². The van der Waals surface area contributed by atoms with Crippen LogP contribution in [0.4, 0.5) is 0 Å². The number of likely N-dealkylation sites (tertiary alicyclic amines) is 1. The fourth-order valence-corrected chi connectivity index (χ4v) is 2.53. The Morgan fingerprint density at radius 3 is 2.67 bits per heavy atom. The summed E-state index contributed by atoms with van der Waals surface area (Å²) in [6.45, 7) is 2.02. The molecule has 0 aliphatic carbocycles. The Bertz CT molecular complexity index is 484. The number of piperidine rings is 1. The van der Waals surface area contributed by atoms with Gasteiger partial charge in [-0.3, -0.25) is 19.5 Å². The van der Waals surface area contributed by atoms with Crippen molar-refractivity contribution < 1.29 is 14.7 Å². The molecular formula is C15H21N3O3. The Hall–Kier alpha value is -1.95. The predicted molar refractivity (Wildman–Crippen MR) is 77.5 cm³/mol. The molecule has 1 aromatic heterocycles. The molecule has 1 N–H and O–H groups in total. The summed E-state index contributed by atoms with van der Waals surface area (Å²) in [6.07, 6.45) is 2.83. The monoisotopic (exact) mass is 291 g/mol. The Morgan fingerprint density at radius 2 is 2.10 bits per heavy atom. The van der Waals surface area contributed by atoms with Gasteiger partial charge in [0.1, 0.15) is 0 Å². The average Bonchev–Trinajstić information content (AvgIpc) is 2.48. The summed E-state index contributed by atoms with van der Waals surface area (Å²) in [7, 11) is 1.89. The molecular weight excluding hydrogens is 270 g/mol. The van der Waals surface area contributed by atoms with Crippen molar-refractivity contribution in [1.29, 1.82) is 0 Å². The number of carbonyl (C=O) groups excluding carboxylic acids is 1. The Balaban J connectivity index is 1.78. The lowest BCUT2D eigenvalue weighted by atomic mass is 9.97. The molecule has 1 amide bonds. The highest BCUT2D eigenvalue weighted by atomic mass is 16.4. The molecule has 21 heavy (non-hydrogen) atoms. The lowest BCUT2D eigenvalue weighted by Gasteiger charge is -2.31. The Labute approximate surface area is 124 Å². The smallest absolute Gasteiger partial charge is 0.306 e. The van der Waals surface area contributed by atoms with Crippen molar-refractivity contribution in [2.24, 2.45) is 5.92 Å². The van der Waals surface area contributed by atoms with Crippen LogP contribution in [0.3, 0.4) is 0 Å². The predicted octanol–water partition coefficient (Wildman–Crippen LogP) is 0.837.